The summed E-state index contributed by atoms with van der Waals surface area (Å²) in [5.74, 6) is 0.161. The highest BCUT2D eigenvalue weighted by atomic mass is 16.5. The molecule has 1 N–H and O–H groups in total. The molecule has 0 bridgehead atoms. The van der Waals surface area contributed by atoms with Crippen molar-refractivity contribution in [2.24, 2.45) is 0 Å². The first-order valence-corrected chi connectivity index (χ1v) is 10.2. The second kappa shape index (κ2) is 9.43. The van der Waals surface area contributed by atoms with E-state index in [-0.39, 0.29) is 30.7 Å². The number of para-hydroxylation sites is 2. The van der Waals surface area contributed by atoms with Crippen molar-refractivity contribution < 1.29 is 19.1 Å². The summed E-state index contributed by atoms with van der Waals surface area (Å²) >= 11 is 0. The summed E-state index contributed by atoms with van der Waals surface area (Å²) < 4.78 is 5.62. The molecule has 0 spiro atoms. The lowest BCUT2D eigenvalue weighted by Crippen LogP contribution is -2.45. The minimum Gasteiger partial charge on any atom is -0.479 e. The molecule has 1 atom stereocenters. The van der Waals surface area contributed by atoms with Gasteiger partial charge in [0.25, 0.3) is 11.8 Å². The van der Waals surface area contributed by atoms with Crippen LogP contribution in [0.15, 0.2) is 48.5 Å². The summed E-state index contributed by atoms with van der Waals surface area (Å²) in [4.78, 5) is 40.9. The maximum atomic E-state index is 12.5. The highest BCUT2D eigenvalue weighted by Crippen LogP contribution is 2.33. The number of hydrogen-bond donors (Lipinski definition) is 1. The Labute approximate surface area is 176 Å². The molecule has 1 aliphatic rings. The van der Waals surface area contributed by atoms with Gasteiger partial charge >= 0.3 is 0 Å². The van der Waals surface area contributed by atoms with Crippen LogP contribution in [0.5, 0.6) is 5.75 Å². The molecule has 2 aromatic carbocycles. The minimum absolute atomic E-state index is 0.0689. The zero-order valence-electron chi connectivity index (χ0n) is 17.6. The van der Waals surface area contributed by atoms with Gasteiger partial charge in [0, 0.05) is 37.3 Å². The lowest BCUT2D eigenvalue weighted by atomic mass is 10.1. The summed E-state index contributed by atoms with van der Waals surface area (Å²) in [6.07, 6.45) is -0.466. The van der Waals surface area contributed by atoms with E-state index in [1.165, 1.54) is 0 Å². The number of carbonyl (C=O) groups is 3. The van der Waals surface area contributed by atoms with Gasteiger partial charge in [0.1, 0.15) is 5.75 Å². The third-order valence-corrected chi connectivity index (χ3v) is 5.08. The first kappa shape index (κ1) is 21.4. The van der Waals surface area contributed by atoms with Crippen LogP contribution in [-0.2, 0) is 9.59 Å². The third kappa shape index (κ3) is 4.62. The summed E-state index contributed by atoms with van der Waals surface area (Å²) in [7, 11) is 0. The predicted molar refractivity (Wildman–Crippen MR) is 116 cm³/mol. The van der Waals surface area contributed by atoms with E-state index in [1.807, 2.05) is 32.0 Å². The molecule has 2 aromatic rings. The molecule has 0 aromatic heterocycles. The van der Waals surface area contributed by atoms with E-state index in [1.54, 1.807) is 47.1 Å². The zero-order chi connectivity index (χ0) is 21.7. The number of nitrogens with one attached hydrogen (secondary N) is 1. The Hall–Kier alpha value is -3.35. The van der Waals surface area contributed by atoms with Gasteiger partial charge in [-0.15, -0.1) is 0 Å². The van der Waals surface area contributed by atoms with Crippen molar-refractivity contribution in [1.29, 1.82) is 0 Å². The standard InChI is InChI=1S/C23H27N3O4/c1-4-25(5-2)23(29)17-9-8-10-18(15-17)24-21(27)13-14-26-19-11-6-7-12-20(19)30-16(3)22(26)28/h6-12,15-16H,4-5,13-14H2,1-3H3,(H,24,27). The minimum atomic E-state index is -0.592. The molecule has 0 radical (unpaired) electrons. The van der Waals surface area contributed by atoms with Crippen LogP contribution >= 0.6 is 0 Å². The molecule has 3 amide bonds. The van der Waals surface area contributed by atoms with Crippen LogP contribution in [0.1, 0.15) is 37.6 Å². The van der Waals surface area contributed by atoms with E-state index < -0.39 is 6.10 Å². The number of nitrogens with zero attached hydrogens (tertiary/aromatic N) is 2. The smallest absolute Gasteiger partial charge is 0.267 e. The average Bonchev–Trinajstić information content (AvgIpc) is 2.75. The van der Waals surface area contributed by atoms with Crippen LogP contribution < -0.4 is 15.0 Å². The molecule has 1 heterocycles. The van der Waals surface area contributed by atoms with Crippen molar-refractivity contribution in [3.63, 3.8) is 0 Å². The van der Waals surface area contributed by atoms with Gasteiger partial charge in [-0.1, -0.05) is 18.2 Å². The molecule has 7 nitrogen and oxygen atoms in total. The Bertz CT molecular complexity index is 940. The highest BCUT2D eigenvalue weighted by molar-refractivity contribution is 6.01. The first-order chi connectivity index (χ1) is 14.4. The molecule has 0 saturated heterocycles. The van der Waals surface area contributed by atoms with Crippen LogP contribution in [0.3, 0.4) is 0 Å². The van der Waals surface area contributed by atoms with Gasteiger partial charge in [-0.25, -0.2) is 0 Å². The van der Waals surface area contributed by atoms with Crippen molar-refractivity contribution in [1.82, 2.24) is 4.90 Å². The number of fused-ring (bicyclic) bond motifs is 1. The molecule has 1 aliphatic heterocycles. The molecular weight excluding hydrogens is 382 g/mol. The number of benzene rings is 2. The summed E-state index contributed by atoms with van der Waals surface area (Å²) in [6.45, 7) is 7.05. The van der Waals surface area contributed by atoms with Crippen LogP contribution in [0.2, 0.25) is 0 Å². The quantitative estimate of drug-likeness (QED) is 0.761. The second-order valence-corrected chi connectivity index (χ2v) is 7.07. The fourth-order valence-electron chi connectivity index (χ4n) is 3.45. The van der Waals surface area contributed by atoms with E-state index in [4.69, 9.17) is 4.74 Å². The SMILES string of the molecule is CCN(CC)C(=O)c1cccc(NC(=O)CCN2C(=O)C(C)Oc3ccccc32)c1. The molecule has 30 heavy (non-hydrogen) atoms. The number of carbonyl (C=O) groups excluding carboxylic acids is 3. The maximum absolute atomic E-state index is 12.5. The molecule has 3 rings (SSSR count). The fourth-order valence-corrected chi connectivity index (χ4v) is 3.45. The molecule has 0 aliphatic carbocycles. The lowest BCUT2D eigenvalue weighted by Gasteiger charge is -2.32. The molecular formula is C23H27N3O4. The van der Waals surface area contributed by atoms with Crippen molar-refractivity contribution in [2.75, 3.05) is 29.9 Å². The Morgan fingerprint density at radius 1 is 1.10 bits per heavy atom. The van der Waals surface area contributed by atoms with Gasteiger partial charge in [0.15, 0.2) is 6.10 Å². The predicted octanol–water partition coefficient (Wildman–Crippen LogP) is 3.31. The number of hydrogen-bond acceptors (Lipinski definition) is 4. The Balaban J connectivity index is 1.65. The molecule has 7 heteroatoms. The molecule has 1 unspecified atom stereocenters. The maximum Gasteiger partial charge on any atom is 0.267 e. The largest absolute Gasteiger partial charge is 0.479 e. The average molecular weight is 409 g/mol. The molecule has 0 saturated carbocycles. The number of amides is 3. The van der Waals surface area contributed by atoms with Gasteiger partial charge in [0.2, 0.25) is 5.91 Å². The van der Waals surface area contributed by atoms with Crippen LogP contribution in [0, 0.1) is 0 Å². The number of rotatable bonds is 7. The highest BCUT2D eigenvalue weighted by Gasteiger charge is 2.31. The van der Waals surface area contributed by atoms with Gasteiger partial charge in [-0.2, -0.15) is 0 Å². The van der Waals surface area contributed by atoms with Gasteiger partial charge in [-0.3, -0.25) is 14.4 Å². The van der Waals surface area contributed by atoms with Crippen molar-refractivity contribution >= 4 is 29.1 Å². The fraction of sp³-hybridized carbons (Fsp3) is 0.348. The van der Waals surface area contributed by atoms with Gasteiger partial charge in [0.05, 0.1) is 5.69 Å². The number of anilines is 2. The normalized spacial score (nSPS) is 15.2. The van der Waals surface area contributed by atoms with Crippen molar-refractivity contribution in [3.05, 3.63) is 54.1 Å². The zero-order valence-corrected chi connectivity index (χ0v) is 17.6. The van der Waals surface area contributed by atoms with Crippen molar-refractivity contribution in [2.45, 2.75) is 33.3 Å². The van der Waals surface area contributed by atoms with Crippen LogP contribution in [0.4, 0.5) is 11.4 Å². The Morgan fingerprint density at radius 3 is 2.57 bits per heavy atom. The van der Waals surface area contributed by atoms with Gasteiger partial charge in [-0.05, 0) is 51.1 Å². The van der Waals surface area contributed by atoms with E-state index in [9.17, 15) is 14.4 Å². The Morgan fingerprint density at radius 2 is 1.83 bits per heavy atom. The van der Waals surface area contributed by atoms with Gasteiger partial charge < -0.3 is 19.9 Å². The Kier molecular flexibility index (Phi) is 6.72. The first-order valence-electron chi connectivity index (χ1n) is 10.2. The van der Waals surface area contributed by atoms with E-state index in [0.29, 0.717) is 35.8 Å². The van der Waals surface area contributed by atoms with Crippen LogP contribution in [-0.4, -0.2) is 48.4 Å². The van der Waals surface area contributed by atoms with E-state index in [2.05, 4.69) is 5.32 Å². The number of ether oxygens (including phenoxy) is 1. The second-order valence-electron chi connectivity index (χ2n) is 7.07. The monoisotopic (exact) mass is 409 g/mol. The third-order valence-electron chi connectivity index (χ3n) is 5.08. The summed E-state index contributed by atoms with van der Waals surface area (Å²) in [5.41, 5.74) is 1.75. The van der Waals surface area contributed by atoms with Crippen molar-refractivity contribution in [3.8, 4) is 5.75 Å². The lowest BCUT2D eigenvalue weighted by molar-refractivity contribution is -0.125. The topological polar surface area (TPSA) is 79.0 Å². The summed E-state index contributed by atoms with van der Waals surface area (Å²) in [6, 6.07) is 14.2. The van der Waals surface area contributed by atoms with E-state index >= 15 is 0 Å². The van der Waals surface area contributed by atoms with E-state index in [0.717, 1.165) is 0 Å². The molecule has 158 valence electrons. The summed E-state index contributed by atoms with van der Waals surface area (Å²) in [5, 5.41) is 2.82. The molecule has 0 fully saturated rings. The van der Waals surface area contributed by atoms with Crippen LogP contribution in [0.25, 0.3) is 0 Å².